The largest absolute Gasteiger partial charge is 0.367 e. The molecular formula is C8H10N6. The van der Waals surface area contributed by atoms with Gasteiger partial charge in [0.1, 0.15) is 0 Å². The normalized spacial score (nSPS) is 10.4. The molecule has 2 aromatic heterocycles. The van der Waals surface area contributed by atoms with Crippen LogP contribution in [0.25, 0.3) is 0 Å². The van der Waals surface area contributed by atoms with E-state index in [4.69, 9.17) is 5.73 Å². The first-order chi connectivity index (χ1) is 6.75. The Hall–Kier alpha value is -1.98. The molecule has 0 aromatic carbocycles. The number of rotatable bonds is 2. The highest BCUT2D eigenvalue weighted by molar-refractivity contribution is 5.17. The van der Waals surface area contributed by atoms with Gasteiger partial charge in [-0.25, -0.2) is 4.68 Å². The monoisotopic (exact) mass is 190 g/mol. The molecule has 0 saturated heterocycles. The van der Waals surface area contributed by atoms with E-state index >= 15 is 0 Å². The van der Waals surface area contributed by atoms with Crippen LogP contribution in [-0.2, 0) is 6.54 Å². The number of hydrogen-bond donors (Lipinski definition) is 1. The first-order valence-corrected chi connectivity index (χ1v) is 4.19. The van der Waals surface area contributed by atoms with Crippen molar-refractivity contribution < 1.29 is 0 Å². The highest BCUT2D eigenvalue weighted by atomic mass is 15.6. The van der Waals surface area contributed by atoms with Gasteiger partial charge in [-0.05, 0) is 29.0 Å². The minimum absolute atomic E-state index is 0.311. The topological polar surface area (TPSA) is 82.5 Å². The fraction of sp³-hybridized carbons (Fsp3) is 0.250. The van der Waals surface area contributed by atoms with Crippen LogP contribution in [0.15, 0.2) is 18.3 Å². The molecule has 6 heteroatoms. The van der Waals surface area contributed by atoms with E-state index in [-0.39, 0.29) is 0 Å². The first kappa shape index (κ1) is 8.61. The summed E-state index contributed by atoms with van der Waals surface area (Å²) in [6.45, 7) is 2.49. The van der Waals surface area contributed by atoms with E-state index in [1.807, 2.05) is 19.1 Å². The van der Waals surface area contributed by atoms with Crippen LogP contribution in [0.5, 0.6) is 0 Å². The lowest BCUT2D eigenvalue weighted by Crippen LogP contribution is -2.06. The SMILES string of the molecule is Cc1ccc(Cn2nnnc2N)cn1. The molecule has 0 aliphatic rings. The predicted octanol–water partition coefficient (Wildman–Crippen LogP) is 0.00702. The van der Waals surface area contributed by atoms with Gasteiger partial charge in [-0.3, -0.25) is 4.98 Å². The Labute approximate surface area is 80.8 Å². The Kier molecular flexibility index (Phi) is 2.10. The van der Waals surface area contributed by atoms with Gasteiger partial charge in [-0.1, -0.05) is 11.2 Å². The second kappa shape index (κ2) is 3.41. The van der Waals surface area contributed by atoms with Crippen LogP contribution in [0.4, 0.5) is 5.95 Å². The van der Waals surface area contributed by atoms with Gasteiger partial charge in [-0.15, -0.1) is 0 Å². The molecule has 6 nitrogen and oxygen atoms in total. The molecule has 0 atom stereocenters. The number of hydrogen-bond acceptors (Lipinski definition) is 5. The van der Waals surface area contributed by atoms with Crippen molar-refractivity contribution in [2.24, 2.45) is 0 Å². The lowest BCUT2D eigenvalue weighted by Gasteiger charge is -2.01. The van der Waals surface area contributed by atoms with Crippen LogP contribution in [-0.4, -0.2) is 25.2 Å². The van der Waals surface area contributed by atoms with Crippen molar-refractivity contribution in [3.05, 3.63) is 29.6 Å². The fourth-order valence-electron chi connectivity index (χ4n) is 1.09. The molecule has 0 aliphatic carbocycles. The molecular weight excluding hydrogens is 180 g/mol. The van der Waals surface area contributed by atoms with Crippen LogP contribution in [0.1, 0.15) is 11.3 Å². The van der Waals surface area contributed by atoms with E-state index in [2.05, 4.69) is 20.5 Å². The number of tetrazole rings is 1. The highest BCUT2D eigenvalue weighted by Gasteiger charge is 2.01. The van der Waals surface area contributed by atoms with E-state index in [9.17, 15) is 0 Å². The summed E-state index contributed by atoms with van der Waals surface area (Å²) in [5.74, 6) is 0.311. The van der Waals surface area contributed by atoms with Gasteiger partial charge in [0, 0.05) is 11.9 Å². The summed E-state index contributed by atoms with van der Waals surface area (Å²) in [5, 5.41) is 10.8. The third-order valence-electron chi connectivity index (χ3n) is 1.86. The molecule has 0 aliphatic heterocycles. The van der Waals surface area contributed by atoms with Crippen LogP contribution in [0.2, 0.25) is 0 Å². The maximum Gasteiger partial charge on any atom is 0.240 e. The Morgan fingerprint density at radius 3 is 2.86 bits per heavy atom. The van der Waals surface area contributed by atoms with Gasteiger partial charge in [-0.2, -0.15) is 0 Å². The van der Waals surface area contributed by atoms with Gasteiger partial charge in [0.25, 0.3) is 0 Å². The summed E-state index contributed by atoms with van der Waals surface area (Å²) in [7, 11) is 0. The summed E-state index contributed by atoms with van der Waals surface area (Å²) in [5.41, 5.74) is 7.53. The molecule has 72 valence electrons. The van der Waals surface area contributed by atoms with Gasteiger partial charge in [0.05, 0.1) is 6.54 Å². The number of aromatic nitrogens is 5. The summed E-state index contributed by atoms with van der Waals surface area (Å²) in [6, 6.07) is 3.92. The molecule has 2 aromatic rings. The zero-order valence-electron chi connectivity index (χ0n) is 7.75. The summed E-state index contributed by atoms with van der Waals surface area (Å²) in [6.07, 6.45) is 1.79. The molecule has 0 amide bonds. The number of nitrogens with two attached hydrogens (primary N) is 1. The van der Waals surface area contributed by atoms with Crippen LogP contribution < -0.4 is 5.73 Å². The zero-order chi connectivity index (χ0) is 9.97. The van der Waals surface area contributed by atoms with E-state index in [1.165, 1.54) is 4.68 Å². The standard InChI is InChI=1S/C8H10N6/c1-6-2-3-7(4-10-6)5-14-8(9)11-12-13-14/h2-4H,5H2,1H3,(H2,9,11,13). The van der Waals surface area contributed by atoms with Crippen LogP contribution >= 0.6 is 0 Å². The van der Waals surface area contributed by atoms with Crippen LogP contribution in [0.3, 0.4) is 0 Å². The molecule has 2 rings (SSSR count). The zero-order valence-corrected chi connectivity index (χ0v) is 7.75. The number of pyridine rings is 1. The van der Waals surface area contributed by atoms with Crippen molar-refractivity contribution >= 4 is 5.95 Å². The van der Waals surface area contributed by atoms with E-state index in [0.29, 0.717) is 12.5 Å². The minimum atomic E-state index is 0.311. The number of aryl methyl sites for hydroxylation is 1. The van der Waals surface area contributed by atoms with Gasteiger partial charge < -0.3 is 5.73 Å². The Morgan fingerprint density at radius 2 is 2.29 bits per heavy atom. The number of nitrogen functional groups attached to an aromatic ring is 1. The van der Waals surface area contributed by atoms with Crippen molar-refractivity contribution in [3.8, 4) is 0 Å². The number of nitrogens with zero attached hydrogens (tertiary/aromatic N) is 5. The predicted molar refractivity (Wildman–Crippen MR) is 50.3 cm³/mol. The smallest absolute Gasteiger partial charge is 0.240 e. The summed E-state index contributed by atoms with van der Waals surface area (Å²) >= 11 is 0. The third kappa shape index (κ3) is 1.68. The lowest BCUT2D eigenvalue weighted by molar-refractivity contribution is 0.653. The van der Waals surface area contributed by atoms with Crippen molar-refractivity contribution in [2.75, 3.05) is 5.73 Å². The van der Waals surface area contributed by atoms with E-state index in [1.54, 1.807) is 6.20 Å². The Morgan fingerprint density at radius 1 is 1.43 bits per heavy atom. The summed E-state index contributed by atoms with van der Waals surface area (Å²) in [4.78, 5) is 4.17. The lowest BCUT2D eigenvalue weighted by atomic mass is 10.2. The number of anilines is 1. The van der Waals surface area contributed by atoms with E-state index in [0.717, 1.165) is 11.3 Å². The van der Waals surface area contributed by atoms with Crippen molar-refractivity contribution in [2.45, 2.75) is 13.5 Å². The van der Waals surface area contributed by atoms with E-state index < -0.39 is 0 Å². The van der Waals surface area contributed by atoms with Gasteiger partial charge in [0.2, 0.25) is 5.95 Å². The third-order valence-corrected chi connectivity index (χ3v) is 1.86. The van der Waals surface area contributed by atoms with Gasteiger partial charge in [0.15, 0.2) is 0 Å². The van der Waals surface area contributed by atoms with Crippen molar-refractivity contribution in [1.82, 2.24) is 25.2 Å². The van der Waals surface area contributed by atoms with Gasteiger partial charge >= 0.3 is 0 Å². The second-order valence-electron chi connectivity index (χ2n) is 3.00. The molecule has 0 fully saturated rings. The van der Waals surface area contributed by atoms with Crippen molar-refractivity contribution in [1.29, 1.82) is 0 Å². The molecule has 0 radical (unpaired) electrons. The molecule has 0 spiro atoms. The Balaban J connectivity index is 2.19. The average molecular weight is 190 g/mol. The quantitative estimate of drug-likeness (QED) is 0.721. The minimum Gasteiger partial charge on any atom is -0.367 e. The van der Waals surface area contributed by atoms with Crippen molar-refractivity contribution in [3.63, 3.8) is 0 Å². The fourth-order valence-corrected chi connectivity index (χ4v) is 1.09. The second-order valence-corrected chi connectivity index (χ2v) is 3.00. The average Bonchev–Trinajstić information content (AvgIpc) is 2.56. The molecule has 0 bridgehead atoms. The molecule has 14 heavy (non-hydrogen) atoms. The molecule has 0 saturated carbocycles. The molecule has 2 N–H and O–H groups in total. The maximum atomic E-state index is 5.52. The van der Waals surface area contributed by atoms with Crippen LogP contribution in [0, 0.1) is 6.92 Å². The Bertz CT molecular complexity index is 418. The highest BCUT2D eigenvalue weighted by Crippen LogP contribution is 2.03. The maximum absolute atomic E-state index is 5.52. The summed E-state index contributed by atoms with van der Waals surface area (Å²) < 4.78 is 1.52. The molecule has 2 heterocycles. The molecule has 0 unspecified atom stereocenters. The first-order valence-electron chi connectivity index (χ1n) is 4.19.